The Bertz CT molecular complexity index is 752. The zero-order valence-electron chi connectivity index (χ0n) is 11.6. The molecule has 0 unspecified atom stereocenters. The SMILES string of the molecule is COc1ccc(-c2c[nH]c(=O)c(C(=O)NCC(=O)O)n2)cc1. The van der Waals surface area contributed by atoms with Crippen LogP contribution < -0.4 is 15.6 Å². The normalized spacial score (nSPS) is 10.0. The van der Waals surface area contributed by atoms with Gasteiger partial charge >= 0.3 is 5.97 Å². The smallest absolute Gasteiger partial charge is 0.322 e. The first-order valence-corrected chi connectivity index (χ1v) is 6.25. The molecule has 0 spiro atoms. The number of carboxylic acid groups (broad SMARTS) is 1. The van der Waals surface area contributed by atoms with E-state index >= 15 is 0 Å². The summed E-state index contributed by atoms with van der Waals surface area (Å²) in [7, 11) is 1.54. The standard InChI is InChI=1S/C14H13N3O5/c1-22-9-4-2-8(3-5-9)10-6-15-13(20)12(17-10)14(21)16-7-11(18)19/h2-6H,7H2,1H3,(H,15,20)(H,16,21)(H,18,19). The molecule has 1 aromatic heterocycles. The highest BCUT2D eigenvalue weighted by Gasteiger charge is 2.15. The molecule has 2 rings (SSSR count). The fourth-order valence-electron chi connectivity index (χ4n) is 1.71. The molecule has 8 nitrogen and oxygen atoms in total. The van der Waals surface area contributed by atoms with E-state index < -0.39 is 29.7 Å². The van der Waals surface area contributed by atoms with Gasteiger partial charge in [0.1, 0.15) is 12.3 Å². The Hall–Kier alpha value is -3.16. The number of carbonyl (C=O) groups is 2. The fourth-order valence-corrected chi connectivity index (χ4v) is 1.71. The van der Waals surface area contributed by atoms with Gasteiger partial charge in [0.2, 0.25) is 0 Å². The maximum absolute atomic E-state index is 11.8. The van der Waals surface area contributed by atoms with Gasteiger partial charge in [-0.3, -0.25) is 14.4 Å². The van der Waals surface area contributed by atoms with Crippen LogP contribution in [0.1, 0.15) is 10.5 Å². The number of nitrogens with zero attached hydrogens (tertiary/aromatic N) is 1. The van der Waals surface area contributed by atoms with Crippen molar-refractivity contribution >= 4 is 11.9 Å². The Morgan fingerprint density at radius 3 is 2.59 bits per heavy atom. The maximum atomic E-state index is 11.8. The average Bonchev–Trinajstić information content (AvgIpc) is 2.53. The number of benzene rings is 1. The van der Waals surface area contributed by atoms with Crippen molar-refractivity contribution in [2.45, 2.75) is 0 Å². The molecule has 0 aliphatic rings. The predicted octanol–water partition coefficient (Wildman–Crippen LogP) is 0.260. The summed E-state index contributed by atoms with van der Waals surface area (Å²) in [6, 6.07) is 6.87. The molecule has 3 N–H and O–H groups in total. The number of methoxy groups -OCH3 is 1. The van der Waals surface area contributed by atoms with E-state index in [0.29, 0.717) is 17.0 Å². The number of carboxylic acids is 1. The van der Waals surface area contributed by atoms with Crippen LogP contribution in [0.25, 0.3) is 11.3 Å². The highest BCUT2D eigenvalue weighted by molar-refractivity contribution is 5.94. The van der Waals surface area contributed by atoms with E-state index in [2.05, 4.69) is 15.3 Å². The van der Waals surface area contributed by atoms with Crippen LogP contribution in [0.4, 0.5) is 0 Å². The number of carbonyl (C=O) groups excluding carboxylic acids is 1. The van der Waals surface area contributed by atoms with Crippen LogP contribution in [-0.2, 0) is 4.79 Å². The van der Waals surface area contributed by atoms with Gasteiger partial charge in [0.05, 0.1) is 12.8 Å². The first-order valence-electron chi connectivity index (χ1n) is 6.25. The van der Waals surface area contributed by atoms with Gasteiger partial charge in [-0.1, -0.05) is 0 Å². The Morgan fingerprint density at radius 2 is 2.00 bits per heavy atom. The number of nitrogens with one attached hydrogen (secondary N) is 2. The minimum absolute atomic E-state index is 0.378. The first kappa shape index (κ1) is 15.2. The minimum atomic E-state index is -1.21. The summed E-state index contributed by atoms with van der Waals surface area (Å²) in [5.74, 6) is -1.40. The van der Waals surface area contributed by atoms with E-state index in [9.17, 15) is 14.4 Å². The number of hydrogen-bond acceptors (Lipinski definition) is 5. The molecule has 0 aliphatic carbocycles. The largest absolute Gasteiger partial charge is 0.497 e. The van der Waals surface area contributed by atoms with Gasteiger partial charge in [0.25, 0.3) is 11.5 Å². The van der Waals surface area contributed by atoms with E-state index in [1.165, 1.54) is 13.3 Å². The summed E-state index contributed by atoms with van der Waals surface area (Å²) in [5.41, 5.74) is -0.0400. The van der Waals surface area contributed by atoms with Crippen molar-refractivity contribution in [1.82, 2.24) is 15.3 Å². The molecule has 1 heterocycles. The van der Waals surface area contributed by atoms with Gasteiger partial charge in [-0.25, -0.2) is 4.98 Å². The Kier molecular flexibility index (Phi) is 4.52. The minimum Gasteiger partial charge on any atom is -0.497 e. The zero-order chi connectivity index (χ0) is 16.1. The molecule has 2 aromatic rings. The summed E-state index contributed by atoms with van der Waals surface area (Å²) in [6.07, 6.45) is 1.37. The third-order valence-electron chi connectivity index (χ3n) is 2.79. The maximum Gasteiger partial charge on any atom is 0.322 e. The highest BCUT2D eigenvalue weighted by atomic mass is 16.5. The van der Waals surface area contributed by atoms with Gasteiger partial charge in [0.15, 0.2) is 5.69 Å². The van der Waals surface area contributed by atoms with Crippen molar-refractivity contribution in [1.29, 1.82) is 0 Å². The number of rotatable bonds is 5. The molecule has 0 fully saturated rings. The van der Waals surface area contributed by atoms with Crippen LogP contribution >= 0.6 is 0 Å². The van der Waals surface area contributed by atoms with E-state index in [1.807, 2.05) is 0 Å². The molecule has 0 saturated carbocycles. The second-order valence-electron chi connectivity index (χ2n) is 4.27. The van der Waals surface area contributed by atoms with Gasteiger partial charge in [-0.15, -0.1) is 0 Å². The zero-order valence-corrected chi connectivity index (χ0v) is 11.6. The molecule has 1 aromatic carbocycles. The van der Waals surface area contributed by atoms with Crippen LogP contribution in [0.3, 0.4) is 0 Å². The number of H-pyrrole nitrogens is 1. The third kappa shape index (κ3) is 3.48. The van der Waals surface area contributed by atoms with Crippen LogP contribution in [0.5, 0.6) is 5.75 Å². The Balaban J connectivity index is 2.31. The van der Waals surface area contributed by atoms with Crippen molar-refractivity contribution in [2.75, 3.05) is 13.7 Å². The molecule has 0 atom stereocenters. The van der Waals surface area contributed by atoms with Crippen molar-refractivity contribution in [3.8, 4) is 17.0 Å². The lowest BCUT2D eigenvalue weighted by Crippen LogP contribution is -2.34. The first-order chi connectivity index (χ1) is 10.5. The quantitative estimate of drug-likeness (QED) is 0.728. The lowest BCUT2D eigenvalue weighted by molar-refractivity contribution is -0.135. The van der Waals surface area contributed by atoms with Crippen molar-refractivity contribution in [3.63, 3.8) is 0 Å². The lowest BCUT2D eigenvalue weighted by atomic mass is 10.1. The van der Waals surface area contributed by atoms with Crippen molar-refractivity contribution < 1.29 is 19.4 Å². The summed E-state index contributed by atoms with van der Waals surface area (Å²) in [4.78, 5) is 40.2. The van der Waals surface area contributed by atoms with Crippen molar-refractivity contribution in [2.24, 2.45) is 0 Å². The lowest BCUT2D eigenvalue weighted by Gasteiger charge is -2.05. The van der Waals surface area contributed by atoms with Crippen molar-refractivity contribution in [3.05, 3.63) is 46.5 Å². The van der Waals surface area contributed by atoms with Crippen LogP contribution in [0, 0.1) is 0 Å². The molecule has 0 saturated heterocycles. The average molecular weight is 303 g/mol. The number of ether oxygens (including phenoxy) is 1. The van der Waals surface area contributed by atoms with Crippen LogP contribution in [0.15, 0.2) is 35.3 Å². The number of aromatic nitrogens is 2. The van der Waals surface area contributed by atoms with E-state index in [0.717, 1.165) is 0 Å². The van der Waals surface area contributed by atoms with Crippen LogP contribution in [0.2, 0.25) is 0 Å². The third-order valence-corrected chi connectivity index (χ3v) is 2.79. The molecule has 8 heteroatoms. The summed E-state index contributed by atoms with van der Waals surface area (Å²) in [6.45, 7) is -0.591. The van der Waals surface area contributed by atoms with E-state index in [1.54, 1.807) is 24.3 Å². The van der Waals surface area contributed by atoms with E-state index in [4.69, 9.17) is 9.84 Å². The molecule has 0 radical (unpaired) electrons. The van der Waals surface area contributed by atoms with Gasteiger partial charge in [-0.2, -0.15) is 0 Å². The molecule has 22 heavy (non-hydrogen) atoms. The Labute approximate surface area is 124 Å². The summed E-state index contributed by atoms with van der Waals surface area (Å²) in [5, 5.41) is 10.6. The van der Waals surface area contributed by atoms with Gasteiger partial charge in [0, 0.05) is 11.8 Å². The van der Waals surface area contributed by atoms with Crippen LogP contribution in [-0.4, -0.2) is 40.6 Å². The highest BCUT2D eigenvalue weighted by Crippen LogP contribution is 2.19. The van der Waals surface area contributed by atoms with Gasteiger partial charge in [-0.05, 0) is 24.3 Å². The topological polar surface area (TPSA) is 121 Å². The second-order valence-corrected chi connectivity index (χ2v) is 4.27. The van der Waals surface area contributed by atoms with Gasteiger partial charge < -0.3 is 20.1 Å². The predicted molar refractivity (Wildman–Crippen MR) is 76.8 cm³/mol. The molecule has 1 amide bonds. The second kappa shape index (κ2) is 6.53. The number of amides is 1. The molecule has 0 aliphatic heterocycles. The summed E-state index contributed by atoms with van der Waals surface area (Å²) >= 11 is 0. The summed E-state index contributed by atoms with van der Waals surface area (Å²) < 4.78 is 5.04. The monoisotopic (exact) mass is 303 g/mol. The fraction of sp³-hybridized carbons (Fsp3) is 0.143. The van der Waals surface area contributed by atoms with E-state index in [-0.39, 0.29) is 0 Å². The number of hydrogen-bond donors (Lipinski definition) is 3. The molecular formula is C14H13N3O5. The Morgan fingerprint density at radius 1 is 1.32 bits per heavy atom. The number of aromatic amines is 1. The number of aliphatic carboxylic acids is 1. The molecular weight excluding hydrogens is 290 g/mol. The molecule has 0 bridgehead atoms. The molecule has 114 valence electrons.